The summed E-state index contributed by atoms with van der Waals surface area (Å²) in [6.07, 6.45) is -0.599. The van der Waals surface area contributed by atoms with Gasteiger partial charge in [0.05, 0.1) is 36.1 Å². The fourth-order valence-corrected chi connectivity index (χ4v) is 5.53. The number of alkyl halides is 3. The Hall–Kier alpha value is -2.98. The molecule has 5 rings (SSSR count). The minimum Gasteiger partial charge on any atom is -0.360 e. The van der Waals surface area contributed by atoms with Crippen molar-refractivity contribution in [2.24, 2.45) is 0 Å². The highest BCUT2D eigenvalue weighted by Crippen LogP contribution is 2.34. The molecule has 0 saturated carbocycles. The van der Waals surface area contributed by atoms with Crippen molar-refractivity contribution in [2.45, 2.75) is 51.5 Å². The predicted octanol–water partition coefficient (Wildman–Crippen LogP) is 4.47. The molecule has 1 atom stereocenters. The Morgan fingerprint density at radius 2 is 2.15 bits per heavy atom. The number of hydrogen-bond donors (Lipinski definition) is 1. The second-order valence-electron chi connectivity index (χ2n) is 8.31. The molecule has 10 heteroatoms. The third-order valence-corrected chi connectivity index (χ3v) is 7.05. The van der Waals surface area contributed by atoms with Gasteiger partial charge in [0.2, 0.25) is 0 Å². The lowest BCUT2D eigenvalue weighted by Gasteiger charge is -2.22. The number of nitrogens with one attached hydrogen (secondary N) is 1. The second-order valence-corrected chi connectivity index (χ2v) is 9.40. The first-order valence-electron chi connectivity index (χ1n) is 10.6. The molecule has 0 fully saturated rings. The minimum absolute atomic E-state index is 0.0388. The Kier molecular flexibility index (Phi) is 5.57. The zero-order chi connectivity index (χ0) is 23.2. The number of rotatable bonds is 5. The smallest absolute Gasteiger partial charge is 0.360 e. The summed E-state index contributed by atoms with van der Waals surface area (Å²) in [7, 11) is 0. The first-order chi connectivity index (χ1) is 15.8. The third kappa shape index (κ3) is 4.45. The number of hydrogen-bond acceptors (Lipinski definition) is 6. The van der Waals surface area contributed by atoms with Gasteiger partial charge in [0, 0.05) is 17.0 Å². The third-order valence-electron chi connectivity index (χ3n) is 5.88. The number of aryl methyl sites for hydroxylation is 2. The first-order valence-corrected chi connectivity index (χ1v) is 11.4. The van der Waals surface area contributed by atoms with Crippen molar-refractivity contribution in [3.05, 3.63) is 80.0 Å². The van der Waals surface area contributed by atoms with E-state index in [1.54, 1.807) is 6.07 Å². The quantitative estimate of drug-likeness (QED) is 0.462. The number of aromatic nitrogens is 3. The van der Waals surface area contributed by atoms with Crippen LogP contribution in [0, 0.1) is 6.92 Å². The molecule has 0 saturated heterocycles. The minimum atomic E-state index is -4.42. The lowest BCUT2D eigenvalue weighted by Crippen LogP contribution is -2.33. The largest absolute Gasteiger partial charge is 0.416 e. The van der Waals surface area contributed by atoms with E-state index in [1.165, 1.54) is 28.3 Å². The van der Waals surface area contributed by atoms with Crippen molar-refractivity contribution in [1.29, 1.82) is 0 Å². The summed E-state index contributed by atoms with van der Waals surface area (Å²) in [6.45, 7) is 2.51. The van der Waals surface area contributed by atoms with Gasteiger partial charge in [0.15, 0.2) is 5.76 Å². The standard InChI is InChI=1S/C23H21F3N4O2S/c1-13-7-17(32-29-13)10-27-16-5-6-18-19(9-16)33-21-20(18)22(31)30(12-28-21)11-14-3-2-4-15(8-14)23(24,25)26/h2-4,7-8,12,16,27H,5-6,9-11H2,1H3/t16-/m0/s1. The van der Waals surface area contributed by atoms with E-state index in [-0.39, 0.29) is 18.1 Å². The molecular weight excluding hydrogens is 453 g/mol. The number of halogens is 3. The lowest BCUT2D eigenvalue weighted by atomic mass is 9.93. The van der Waals surface area contributed by atoms with Gasteiger partial charge < -0.3 is 9.84 Å². The number of thiophene rings is 1. The van der Waals surface area contributed by atoms with E-state index in [0.29, 0.717) is 22.3 Å². The van der Waals surface area contributed by atoms with Crippen LogP contribution in [-0.4, -0.2) is 20.7 Å². The molecule has 3 heterocycles. The maximum absolute atomic E-state index is 13.2. The molecule has 0 aliphatic heterocycles. The van der Waals surface area contributed by atoms with Crippen LogP contribution in [0.3, 0.4) is 0 Å². The molecule has 3 aromatic heterocycles. The SMILES string of the molecule is Cc1cc(CN[C@H]2CCc3c(sc4ncn(Cc5cccc(C(F)(F)F)c5)c(=O)c34)C2)on1. The van der Waals surface area contributed by atoms with Crippen molar-refractivity contribution in [3.8, 4) is 0 Å². The van der Waals surface area contributed by atoms with Gasteiger partial charge in [-0.15, -0.1) is 11.3 Å². The Bertz CT molecular complexity index is 1370. The monoisotopic (exact) mass is 474 g/mol. The Labute approximate surface area is 191 Å². The van der Waals surface area contributed by atoms with Crippen molar-refractivity contribution in [2.75, 3.05) is 0 Å². The van der Waals surface area contributed by atoms with Crippen LogP contribution in [0.5, 0.6) is 0 Å². The zero-order valence-corrected chi connectivity index (χ0v) is 18.6. The zero-order valence-electron chi connectivity index (χ0n) is 17.8. The fourth-order valence-electron chi connectivity index (χ4n) is 4.28. The van der Waals surface area contributed by atoms with Crippen molar-refractivity contribution >= 4 is 21.6 Å². The first kappa shape index (κ1) is 21.8. The maximum Gasteiger partial charge on any atom is 0.416 e. The van der Waals surface area contributed by atoms with E-state index < -0.39 is 11.7 Å². The lowest BCUT2D eigenvalue weighted by molar-refractivity contribution is -0.137. The summed E-state index contributed by atoms with van der Waals surface area (Å²) in [6, 6.07) is 7.19. The summed E-state index contributed by atoms with van der Waals surface area (Å²) in [4.78, 5) is 19.5. The molecule has 0 amide bonds. The van der Waals surface area contributed by atoms with Gasteiger partial charge in [0.1, 0.15) is 4.83 Å². The van der Waals surface area contributed by atoms with Crippen LogP contribution in [0.25, 0.3) is 10.2 Å². The molecule has 6 nitrogen and oxygen atoms in total. The molecule has 4 aromatic rings. The van der Waals surface area contributed by atoms with Gasteiger partial charge in [-0.3, -0.25) is 9.36 Å². The molecule has 172 valence electrons. The van der Waals surface area contributed by atoms with Gasteiger partial charge >= 0.3 is 6.18 Å². The molecular formula is C23H21F3N4O2S. The van der Waals surface area contributed by atoms with Crippen LogP contribution in [-0.2, 0) is 32.1 Å². The molecule has 0 radical (unpaired) electrons. The van der Waals surface area contributed by atoms with Crippen molar-refractivity contribution in [3.63, 3.8) is 0 Å². The van der Waals surface area contributed by atoms with Crippen molar-refractivity contribution < 1.29 is 17.7 Å². The maximum atomic E-state index is 13.2. The van der Waals surface area contributed by atoms with Crippen LogP contribution in [0.4, 0.5) is 13.2 Å². The molecule has 1 N–H and O–H groups in total. The van der Waals surface area contributed by atoms with Gasteiger partial charge in [-0.05, 0) is 49.4 Å². The van der Waals surface area contributed by atoms with E-state index in [1.807, 2.05) is 13.0 Å². The summed E-state index contributed by atoms with van der Waals surface area (Å²) < 4.78 is 45.7. The van der Waals surface area contributed by atoms with E-state index in [0.717, 1.165) is 53.3 Å². The normalized spacial score (nSPS) is 16.3. The molecule has 0 spiro atoms. The number of benzene rings is 1. The molecule has 1 aliphatic rings. The molecule has 0 bridgehead atoms. The summed E-state index contributed by atoms with van der Waals surface area (Å²) in [5.74, 6) is 0.786. The van der Waals surface area contributed by atoms with Crippen LogP contribution in [0.1, 0.15) is 39.4 Å². The second kappa shape index (κ2) is 8.42. The molecule has 0 unspecified atom stereocenters. The highest BCUT2D eigenvalue weighted by Gasteiger charge is 2.30. The number of fused-ring (bicyclic) bond motifs is 3. The summed E-state index contributed by atoms with van der Waals surface area (Å²) in [5.41, 5.74) is 1.32. The summed E-state index contributed by atoms with van der Waals surface area (Å²) in [5, 5.41) is 7.98. The fraction of sp³-hybridized carbons (Fsp3) is 0.348. The predicted molar refractivity (Wildman–Crippen MR) is 118 cm³/mol. The van der Waals surface area contributed by atoms with E-state index in [2.05, 4.69) is 15.5 Å². The van der Waals surface area contributed by atoms with Gasteiger partial charge in [-0.25, -0.2) is 4.98 Å². The topological polar surface area (TPSA) is 73.0 Å². The average molecular weight is 475 g/mol. The molecule has 1 aliphatic carbocycles. The Morgan fingerprint density at radius 1 is 1.30 bits per heavy atom. The Morgan fingerprint density at radius 3 is 2.91 bits per heavy atom. The highest BCUT2D eigenvalue weighted by atomic mass is 32.1. The van der Waals surface area contributed by atoms with Crippen LogP contribution in [0.2, 0.25) is 0 Å². The van der Waals surface area contributed by atoms with E-state index in [9.17, 15) is 18.0 Å². The average Bonchev–Trinajstić information content (AvgIpc) is 3.36. The Balaban J connectivity index is 1.37. The van der Waals surface area contributed by atoms with Crippen LogP contribution < -0.4 is 10.9 Å². The summed E-state index contributed by atoms with van der Waals surface area (Å²) >= 11 is 1.52. The van der Waals surface area contributed by atoms with Gasteiger partial charge in [-0.2, -0.15) is 13.2 Å². The van der Waals surface area contributed by atoms with Crippen LogP contribution >= 0.6 is 11.3 Å². The van der Waals surface area contributed by atoms with Crippen molar-refractivity contribution in [1.82, 2.24) is 20.0 Å². The van der Waals surface area contributed by atoms with Gasteiger partial charge in [-0.1, -0.05) is 17.3 Å². The molecule has 1 aromatic carbocycles. The van der Waals surface area contributed by atoms with Crippen LogP contribution in [0.15, 0.2) is 46.0 Å². The highest BCUT2D eigenvalue weighted by molar-refractivity contribution is 7.18. The molecule has 33 heavy (non-hydrogen) atoms. The van der Waals surface area contributed by atoms with E-state index in [4.69, 9.17) is 4.52 Å². The number of nitrogens with zero attached hydrogens (tertiary/aromatic N) is 3. The van der Waals surface area contributed by atoms with E-state index >= 15 is 0 Å². The van der Waals surface area contributed by atoms with Gasteiger partial charge in [0.25, 0.3) is 5.56 Å².